The molecular formula is C19H21N5O2S. The van der Waals surface area contributed by atoms with Gasteiger partial charge in [-0.05, 0) is 66.6 Å². The summed E-state index contributed by atoms with van der Waals surface area (Å²) in [6.45, 7) is 5.87. The first-order valence-electron chi connectivity index (χ1n) is 8.45. The topological polar surface area (TPSA) is 81.9 Å². The van der Waals surface area contributed by atoms with Crippen molar-refractivity contribution < 1.29 is 9.53 Å². The van der Waals surface area contributed by atoms with Crippen LogP contribution in [0.15, 0.2) is 47.6 Å². The Bertz CT molecular complexity index is 937. The Kier molecular flexibility index (Phi) is 5.75. The van der Waals surface area contributed by atoms with Crippen LogP contribution < -0.4 is 10.1 Å². The number of aryl methyl sites for hydroxylation is 2. The van der Waals surface area contributed by atoms with Crippen molar-refractivity contribution in [3.05, 3.63) is 53.6 Å². The fourth-order valence-corrected chi connectivity index (χ4v) is 3.45. The van der Waals surface area contributed by atoms with Crippen LogP contribution in [0.5, 0.6) is 5.75 Å². The molecular weight excluding hydrogens is 362 g/mol. The van der Waals surface area contributed by atoms with Crippen molar-refractivity contribution in [2.75, 3.05) is 12.4 Å². The zero-order valence-electron chi connectivity index (χ0n) is 15.6. The molecule has 0 aliphatic carbocycles. The number of carbonyl (C=O) groups is 1. The Morgan fingerprint density at radius 1 is 1.19 bits per heavy atom. The summed E-state index contributed by atoms with van der Waals surface area (Å²) in [5.41, 5.74) is 3.81. The second-order valence-electron chi connectivity index (χ2n) is 6.20. The molecule has 3 aromatic rings. The van der Waals surface area contributed by atoms with Crippen molar-refractivity contribution in [1.82, 2.24) is 20.2 Å². The second kappa shape index (κ2) is 8.22. The molecule has 2 aromatic carbocycles. The Morgan fingerprint density at radius 3 is 2.63 bits per heavy atom. The van der Waals surface area contributed by atoms with Crippen molar-refractivity contribution in [2.24, 2.45) is 0 Å². The number of hydrogen-bond acceptors (Lipinski definition) is 6. The summed E-state index contributed by atoms with van der Waals surface area (Å²) in [5.74, 6) is 0.551. The molecule has 1 amide bonds. The van der Waals surface area contributed by atoms with Gasteiger partial charge in [0.2, 0.25) is 11.1 Å². The van der Waals surface area contributed by atoms with Gasteiger partial charge >= 0.3 is 0 Å². The fraction of sp³-hybridized carbons (Fsp3) is 0.263. The summed E-state index contributed by atoms with van der Waals surface area (Å²) in [5, 5.41) is 15.0. The number of benzene rings is 2. The number of carbonyl (C=O) groups excluding carboxylic acids is 1. The third-order valence-corrected chi connectivity index (χ3v) is 4.91. The normalized spacial score (nSPS) is 11.9. The maximum absolute atomic E-state index is 12.5. The third-order valence-electron chi connectivity index (χ3n) is 3.88. The van der Waals surface area contributed by atoms with Crippen molar-refractivity contribution in [3.8, 4) is 11.4 Å². The first kappa shape index (κ1) is 18.9. The second-order valence-corrected chi connectivity index (χ2v) is 7.51. The Balaban J connectivity index is 1.73. The number of amides is 1. The number of methoxy groups -OCH3 is 1. The van der Waals surface area contributed by atoms with Gasteiger partial charge in [-0.25, -0.2) is 0 Å². The highest BCUT2D eigenvalue weighted by Crippen LogP contribution is 2.25. The zero-order chi connectivity index (χ0) is 19.4. The van der Waals surface area contributed by atoms with Crippen LogP contribution >= 0.6 is 11.8 Å². The number of nitrogens with one attached hydrogen (secondary N) is 1. The molecule has 8 heteroatoms. The molecule has 140 valence electrons. The zero-order valence-corrected chi connectivity index (χ0v) is 16.4. The van der Waals surface area contributed by atoms with E-state index in [1.807, 2.05) is 51.1 Å². The Morgan fingerprint density at radius 2 is 1.93 bits per heavy atom. The molecule has 0 aliphatic rings. The average molecular weight is 383 g/mol. The molecule has 0 bridgehead atoms. The maximum atomic E-state index is 12.5. The van der Waals surface area contributed by atoms with E-state index in [0.29, 0.717) is 16.6 Å². The molecule has 7 nitrogen and oxygen atoms in total. The van der Waals surface area contributed by atoms with Gasteiger partial charge in [-0.1, -0.05) is 23.9 Å². The number of rotatable bonds is 6. The summed E-state index contributed by atoms with van der Waals surface area (Å²) >= 11 is 1.30. The van der Waals surface area contributed by atoms with E-state index in [1.165, 1.54) is 11.8 Å². The van der Waals surface area contributed by atoms with E-state index in [2.05, 4.69) is 26.9 Å². The average Bonchev–Trinajstić information content (AvgIpc) is 3.09. The van der Waals surface area contributed by atoms with Crippen LogP contribution in [0.3, 0.4) is 0 Å². The lowest BCUT2D eigenvalue weighted by molar-refractivity contribution is -0.115. The van der Waals surface area contributed by atoms with Gasteiger partial charge < -0.3 is 10.1 Å². The summed E-state index contributed by atoms with van der Waals surface area (Å²) in [6.07, 6.45) is 0. The molecule has 0 spiro atoms. The van der Waals surface area contributed by atoms with Gasteiger partial charge in [0.05, 0.1) is 18.0 Å². The van der Waals surface area contributed by atoms with Crippen LogP contribution in [0, 0.1) is 13.8 Å². The smallest absolute Gasteiger partial charge is 0.237 e. The molecule has 0 saturated heterocycles. The summed E-state index contributed by atoms with van der Waals surface area (Å²) in [7, 11) is 1.59. The molecule has 0 aliphatic heterocycles. The van der Waals surface area contributed by atoms with Crippen molar-refractivity contribution in [3.63, 3.8) is 0 Å². The van der Waals surface area contributed by atoms with E-state index < -0.39 is 0 Å². The van der Waals surface area contributed by atoms with E-state index in [9.17, 15) is 4.79 Å². The van der Waals surface area contributed by atoms with E-state index in [-0.39, 0.29) is 11.2 Å². The van der Waals surface area contributed by atoms with Gasteiger partial charge in [0.15, 0.2) is 0 Å². The minimum Gasteiger partial charge on any atom is -0.497 e. The lowest BCUT2D eigenvalue weighted by atomic mass is 10.1. The SMILES string of the molecule is COc1cccc(NC(=O)[C@H](C)Sc2nnnn2-c2cc(C)cc(C)c2)c1. The van der Waals surface area contributed by atoms with E-state index >= 15 is 0 Å². The molecule has 0 saturated carbocycles. The molecule has 0 fully saturated rings. The van der Waals surface area contributed by atoms with Gasteiger partial charge in [-0.3, -0.25) is 4.79 Å². The van der Waals surface area contributed by atoms with Crippen LogP contribution in [0.1, 0.15) is 18.1 Å². The minimum absolute atomic E-state index is 0.136. The van der Waals surface area contributed by atoms with Crippen molar-refractivity contribution >= 4 is 23.4 Å². The monoisotopic (exact) mass is 383 g/mol. The highest BCUT2D eigenvalue weighted by atomic mass is 32.2. The number of hydrogen-bond donors (Lipinski definition) is 1. The standard InChI is InChI=1S/C19H21N5O2S/c1-12-8-13(2)10-16(9-12)24-19(21-22-23-24)27-14(3)18(25)20-15-6-5-7-17(11-15)26-4/h5-11,14H,1-4H3,(H,20,25)/t14-/m0/s1. The number of thioether (sulfide) groups is 1. The summed E-state index contributed by atoms with van der Waals surface area (Å²) < 4.78 is 6.83. The largest absolute Gasteiger partial charge is 0.497 e. The predicted octanol–water partition coefficient (Wildman–Crippen LogP) is 3.41. The molecule has 0 radical (unpaired) electrons. The number of nitrogens with zero attached hydrogens (tertiary/aromatic N) is 4. The van der Waals surface area contributed by atoms with Crippen LogP contribution in [-0.2, 0) is 4.79 Å². The van der Waals surface area contributed by atoms with Crippen LogP contribution in [-0.4, -0.2) is 38.5 Å². The van der Waals surface area contributed by atoms with Crippen molar-refractivity contribution in [2.45, 2.75) is 31.2 Å². The molecule has 27 heavy (non-hydrogen) atoms. The quantitative estimate of drug-likeness (QED) is 0.657. The van der Waals surface area contributed by atoms with Crippen LogP contribution in [0.4, 0.5) is 5.69 Å². The van der Waals surface area contributed by atoms with Gasteiger partial charge in [0.25, 0.3) is 0 Å². The molecule has 1 heterocycles. The van der Waals surface area contributed by atoms with Gasteiger partial charge in [0, 0.05) is 11.8 Å². The van der Waals surface area contributed by atoms with Crippen LogP contribution in [0.25, 0.3) is 5.69 Å². The van der Waals surface area contributed by atoms with Crippen molar-refractivity contribution in [1.29, 1.82) is 0 Å². The number of anilines is 1. The van der Waals surface area contributed by atoms with E-state index in [1.54, 1.807) is 17.9 Å². The minimum atomic E-state index is -0.383. The van der Waals surface area contributed by atoms with Gasteiger partial charge in [0.1, 0.15) is 5.75 Å². The molecule has 0 unspecified atom stereocenters. The first-order chi connectivity index (χ1) is 13.0. The number of aromatic nitrogens is 4. The summed E-state index contributed by atoms with van der Waals surface area (Å²) in [4.78, 5) is 12.5. The van der Waals surface area contributed by atoms with Crippen LogP contribution in [0.2, 0.25) is 0 Å². The Hall–Kier alpha value is -2.87. The lowest BCUT2D eigenvalue weighted by Crippen LogP contribution is -2.23. The van der Waals surface area contributed by atoms with Gasteiger partial charge in [-0.15, -0.1) is 5.10 Å². The summed E-state index contributed by atoms with van der Waals surface area (Å²) in [6, 6.07) is 13.3. The van der Waals surface area contributed by atoms with E-state index in [0.717, 1.165) is 16.8 Å². The molecule has 3 rings (SSSR count). The molecule has 1 atom stereocenters. The third kappa shape index (κ3) is 4.65. The number of tetrazole rings is 1. The van der Waals surface area contributed by atoms with Gasteiger partial charge in [-0.2, -0.15) is 4.68 Å². The highest BCUT2D eigenvalue weighted by molar-refractivity contribution is 8.00. The predicted molar refractivity (Wildman–Crippen MR) is 106 cm³/mol. The Labute approximate surface area is 162 Å². The molecule has 1 N–H and O–H groups in total. The highest BCUT2D eigenvalue weighted by Gasteiger charge is 2.19. The fourth-order valence-electron chi connectivity index (χ4n) is 2.64. The first-order valence-corrected chi connectivity index (χ1v) is 9.33. The van der Waals surface area contributed by atoms with E-state index in [4.69, 9.17) is 4.74 Å². The lowest BCUT2D eigenvalue weighted by Gasteiger charge is -2.12. The number of ether oxygens (including phenoxy) is 1. The maximum Gasteiger partial charge on any atom is 0.237 e. The molecule has 1 aromatic heterocycles.